The third-order valence-electron chi connectivity index (χ3n) is 10.4. The number of epoxide rings is 1. The van der Waals surface area contributed by atoms with Crippen LogP contribution < -0.4 is 0 Å². The lowest BCUT2D eigenvalue weighted by Gasteiger charge is -2.56. The summed E-state index contributed by atoms with van der Waals surface area (Å²) in [6.45, 7) is 4.81. The van der Waals surface area contributed by atoms with Gasteiger partial charge in [0.25, 0.3) is 0 Å². The number of carbonyl (C=O) groups excluding carboxylic acids is 2. The van der Waals surface area contributed by atoms with Crippen molar-refractivity contribution in [2.24, 2.45) is 34.5 Å². The van der Waals surface area contributed by atoms with Crippen LogP contribution in [0.1, 0.15) is 65.2 Å². The Kier molecular flexibility index (Phi) is 6.14. The van der Waals surface area contributed by atoms with E-state index in [0.717, 1.165) is 25.7 Å². The van der Waals surface area contributed by atoms with Gasteiger partial charge in [0.1, 0.15) is 11.2 Å². The van der Waals surface area contributed by atoms with Crippen LogP contribution >= 0.6 is 54.0 Å². The molecule has 4 saturated carbocycles. The molecule has 0 radical (unpaired) electrons. The van der Waals surface area contributed by atoms with Crippen LogP contribution in [0.2, 0.25) is 0 Å². The van der Waals surface area contributed by atoms with E-state index in [-0.39, 0.29) is 88.1 Å². The van der Waals surface area contributed by atoms with Gasteiger partial charge in [-0.2, -0.15) is 54.0 Å². The highest BCUT2D eigenvalue weighted by Crippen LogP contribution is 2.82. The van der Waals surface area contributed by atoms with Crippen molar-refractivity contribution in [3.63, 3.8) is 0 Å². The standard InChI is InChI=1S/C23H28O4.4H2S/c1-20-6-3-12(24)9-16(20)13-10-14(13)19-15-4-7-22(8-5-18(25)27-22)21(15,2)11-17-23(19,20)26-17;;;;/h9,13-15,17,19H,3-8,10-11H2,1-2H3;4*1H2/t13-,14?,15+,17?,19+,20+,21+,22-,23-;;;;/m1..../s1. The maximum Gasteiger partial charge on any atom is 0.306 e. The molecule has 6 fully saturated rings. The number of carbonyl (C=O) groups is 2. The minimum Gasteiger partial charge on any atom is -0.458 e. The molecule has 0 N–H and O–H groups in total. The molecule has 176 valence electrons. The van der Waals surface area contributed by atoms with Gasteiger partial charge < -0.3 is 9.47 Å². The largest absolute Gasteiger partial charge is 0.458 e. The van der Waals surface area contributed by atoms with Crippen molar-refractivity contribution in [2.75, 3.05) is 0 Å². The van der Waals surface area contributed by atoms with Gasteiger partial charge in [0, 0.05) is 23.7 Å². The Morgan fingerprint density at radius 3 is 2.42 bits per heavy atom. The van der Waals surface area contributed by atoms with Crippen LogP contribution in [0, 0.1) is 34.5 Å². The van der Waals surface area contributed by atoms with Crippen LogP contribution in [-0.2, 0) is 19.1 Å². The van der Waals surface area contributed by atoms with Gasteiger partial charge in [-0.3, -0.25) is 9.59 Å². The zero-order valence-electron chi connectivity index (χ0n) is 18.3. The molecule has 7 rings (SSSR count). The van der Waals surface area contributed by atoms with E-state index in [4.69, 9.17) is 9.47 Å². The molecule has 2 spiro atoms. The summed E-state index contributed by atoms with van der Waals surface area (Å²) in [6, 6.07) is 0. The lowest BCUT2D eigenvalue weighted by atomic mass is 9.46. The van der Waals surface area contributed by atoms with E-state index in [1.807, 2.05) is 6.08 Å². The topological polar surface area (TPSA) is 55.9 Å². The number of fused-ring (bicyclic) bond motifs is 7. The number of ether oxygens (including phenoxy) is 2. The number of hydrogen-bond donors (Lipinski definition) is 0. The summed E-state index contributed by atoms with van der Waals surface area (Å²) >= 11 is 0. The second-order valence-electron chi connectivity index (χ2n) is 11.1. The lowest BCUT2D eigenvalue weighted by Crippen LogP contribution is -2.60. The fourth-order valence-electron chi connectivity index (χ4n) is 9.12. The van der Waals surface area contributed by atoms with Crippen LogP contribution in [0.15, 0.2) is 11.6 Å². The monoisotopic (exact) mass is 504 g/mol. The van der Waals surface area contributed by atoms with E-state index >= 15 is 0 Å². The SMILES string of the molecule is C[C@]12CCC(=O)C=C1[C@@H]1CC1[C@H]1[C@@H]3CC[C@@]4(CCC(=O)O4)[C@@]3(C)CC3O[C@]312.S.S.S.S. The Morgan fingerprint density at radius 1 is 1.00 bits per heavy atom. The van der Waals surface area contributed by atoms with Crippen molar-refractivity contribution in [3.05, 3.63) is 11.6 Å². The number of hydrogen-bond acceptors (Lipinski definition) is 4. The van der Waals surface area contributed by atoms with Crippen molar-refractivity contribution in [2.45, 2.75) is 82.5 Å². The van der Waals surface area contributed by atoms with E-state index in [2.05, 4.69) is 13.8 Å². The van der Waals surface area contributed by atoms with Crippen molar-refractivity contribution in [1.82, 2.24) is 0 Å². The summed E-state index contributed by atoms with van der Waals surface area (Å²) in [7, 11) is 0. The van der Waals surface area contributed by atoms with E-state index in [1.165, 1.54) is 18.4 Å². The van der Waals surface area contributed by atoms with Crippen molar-refractivity contribution in [3.8, 4) is 0 Å². The number of rotatable bonds is 0. The molecule has 31 heavy (non-hydrogen) atoms. The summed E-state index contributed by atoms with van der Waals surface area (Å²) in [5.74, 6) is 2.77. The van der Waals surface area contributed by atoms with E-state index in [1.54, 1.807) is 0 Å². The molecule has 7 aliphatic rings. The summed E-state index contributed by atoms with van der Waals surface area (Å²) in [4.78, 5) is 24.2. The van der Waals surface area contributed by atoms with Gasteiger partial charge in [0.15, 0.2) is 5.78 Å². The fourth-order valence-corrected chi connectivity index (χ4v) is 9.12. The Bertz CT molecular complexity index is 863. The van der Waals surface area contributed by atoms with Crippen LogP contribution in [0.3, 0.4) is 0 Å². The molecule has 2 aliphatic heterocycles. The molecule has 0 amide bonds. The van der Waals surface area contributed by atoms with Crippen molar-refractivity contribution in [1.29, 1.82) is 0 Å². The maximum absolute atomic E-state index is 12.2. The molecule has 2 heterocycles. The molecule has 0 aromatic heterocycles. The third kappa shape index (κ3) is 2.66. The average molecular weight is 505 g/mol. The zero-order valence-corrected chi connectivity index (χ0v) is 22.3. The molecule has 4 nitrogen and oxygen atoms in total. The van der Waals surface area contributed by atoms with Crippen LogP contribution in [0.25, 0.3) is 0 Å². The average Bonchev–Trinajstić information content (AvgIpc) is 3.49. The molecule has 5 aliphatic carbocycles. The zero-order chi connectivity index (χ0) is 18.4. The highest BCUT2D eigenvalue weighted by Gasteiger charge is 2.85. The van der Waals surface area contributed by atoms with Gasteiger partial charge in [-0.15, -0.1) is 0 Å². The molecule has 2 unspecified atom stereocenters. The first kappa shape index (κ1) is 25.9. The molecule has 9 atom stereocenters. The van der Waals surface area contributed by atoms with E-state index < -0.39 is 0 Å². The summed E-state index contributed by atoms with van der Waals surface area (Å²) < 4.78 is 12.8. The predicted octanol–water partition coefficient (Wildman–Crippen LogP) is 4.03. The van der Waals surface area contributed by atoms with Gasteiger partial charge in [-0.1, -0.05) is 19.4 Å². The van der Waals surface area contributed by atoms with Crippen LogP contribution in [-0.4, -0.2) is 29.1 Å². The Balaban J connectivity index is 0.000000681. The fraction of sp³-hybridized carbons (Fsp3) is 0.826. The van der Waals surface area contributed by atoms with Gasteiger partial charge in [-0.25, -0.2) is 0 Å². The molecule has 0 bridgehead atoms. The van der Waals surface area contributed by atoms with Crippen molar-refractivity contribution < 1.29 is 19.1 Å². The summed E-state index contributed by atoms with van der Waals surface area (Å²) in [5.41, 5.74) is 1.24. The molecule has 2 saturated heterocycles. The Labute approximate surface area is 212 Å². The number of esters is 1. The smallest absolute Gasteiger partial charge is 0.306 e. The lowest BCUT2D eigenvalue weighted by molar-refractivity contribution is -0.164. The van der Waals surface area contributed by atoms with E-state index in [9.17, 15) is 9.59 Å². The summed E-state index contributed by atoms with van der Waals surface area (Å²) in [5, 5.41) is 0. The highest BCUT2D eigenvalue weighted by molar-refractivity contribution is 7.59. The van der Waals surface area contributed by atoms with Gasteiger partial charge in [0.2, 0.25) is 0 Å². The van der Waals surface area contributed by atoms with E-state index in [0.29, 0.717) is 42.3 Å². The molecular weight excluding hydrogens is 469 g/mol. The minimum absolute atomic E-state index is 0. The second-order valence-corrected chi connectivity index (χ2v) is 11.1. The second kappa shape index (κ2) is 7.37. The maximum atomic E-state index is 12.2. The number of ketones is 1. The molecular formula is C23H36O4S4. The van der Waals surface area contributed by atoms with Crippen LogP contribution in [0.5, 0.6) is 0 Å². The minimum atomic E-state index is -0.239. The Morgan fingerprint density at radius 2 is 1.74 bits per heavy atom. The van der Waals surface area contributed by atoms with Gasteiger partial charge in [0.05, 0.1) is 6.10 Å². The predicted molar refractivity (Wildman–Crippen MR) is 138 cm³/mol. The normalized spacial score (nSPS) is 54.0. The van der Waals surface area contributed by atoms with Crippen molar-refractivity contribution >= 4 is 65.7 Å². The highest BCUT2D eigenvalue weighted by atomic mass is 32.1. The van der Waals surface area contributed by atoms with Gasteiger partial charge >= 0.3 is 5.97 Å². The first-order valence-corrected chi connectivity index (χ1v) is 11.0. The summed E-state index contributed by atoms with van der Waals surface area (Å²) in [6.07, 6.45) is 9.85. The molecule has 0 aromatic rings. The quantitative estimate of drug-likeness (QED) is 0.369. The van der Waals surface area contributed by atoms with Crippen LogP contribution in [0.4, 0.5) is 0 Å². The first-order valence-electron chi connectivity index (χ1n) is 11.0. The third-order valence-corrected chi connectivity index (χ3v) is 10.4. The first-order chi connectivity index (χ1) is 12.8. The Hall–Kier alpha value is 0.240. The van der Waals surface area contributed by atoms with Gasteiger partial charge in [-0.05, 0) is 68.3 Å². The molecule has 8 heteroatoms. The molecule has 0 aromatic carbocycles.